The number of nitrogens with two attached hydrogens (primary N) is 1. The van der Waals surface area contributed by atoms with Crippen LogP contribution in [0.5, 0.6) is 0 Å². The van der Waals surface area contributed by atoms with Gasteiger partial charge in [-0.1, -0.05) is 24.8 Å². The molecule has 3 heteroatoms. The Balaban J connectivity index is 2.16. The molecule has 1 aromatic carbocycles. The van der Waals surface area contributed by atoms with Crippen LogP contribution in [0.4, 0.5) is 5.69 Å². The highest BCUT2D eigenvalue weighted by atomic mass is 14.9. The van der Waals surface area contributed by atoms with E-state index < -0.39 is 0 Å². The summed E-state index contributed by atoms with van der Waals surface area (Å²) < 4.78 is 0. The fourth-order valence-corrected chi connectivity index (χ4v) is 2.20. The normalized spacial score (nSPS) is 22.9. The standard InChI is InChI=1S/C12H11N3/c1-7-12-9(6-11(13)14-7)8-4-2-3-5-10(8)15-12/h2-5,9H,1,6H2,(H2,13,14)/t9-/m1/s1. The van der Waals surface area contributed by atoms with Crippen LogP contribution >= 0.6 is 0 Å². The molecule has 0 spiro atoms. The van der Waals surface area contributed by atoms with Crippen LogP contribution in [0.2, 0.25) is 0 Å². The van der Waals surface area contributed by atoms with E-state index in [1.165, 1.54) is 5.56 Å². The van der Waals surface area contributed by atoms with Gasteiger partial charge >= 0.3 is 0 Å². The molecule has 0 saturated heterocycles. The highest BCUT2D eigenvalue weighted by molar-refractivity contribution is 6.14. The zero-order valence-electron chi connectivity index (χ0n) is 8.27. The van der Waals surface area contributed by atoms with Gasteiger partial charge in [-0.15, -0.1) is 0 Å². The van der Waals surface area contributed by atoms with Crippen LogP contribution in [0, 0.1) is 0 Å². The van der Waals surface area contributed by atoms with Gasteiger partial charge in [0, 0.05) is 12.3 Å². The largest absolute Gasteiger partial charge is 0.387 e. The van der Waals surface area contributed by atoms with E-state index in [-0.39, 0.29) is 5.92 Å². The van der Waals surface area contributed by atoms with Crippen LogP contribution in [0.25, 0.3) is 0 Å². The number of amidine groups is 1. The number of aliphatic imine (C=N–C) groups is 2. The first-order valence-electron chi connectivity index (χ1n) is 4.95. The molecular formula is C12H11N3. The van der Waals surface area contributed by atoms with Gasteiger partial charge < -0.3 is 5.73 Å². The summed E-state index contributed by atoms with van der Waals surface area (Å²) in [5.41, 5.74) is 9.73. The average Bonchev–Trinajstić information content (AvgIpc) is 2.57. The lowest BCUT2D eigenvalue weighted by atomic mass is 9.89. The zero-order chi connectivity index (χ0) is 10.4. The van der Waals surface area contributed by atoms with Gasteiger partial charge in [0.05, 0.1) is 17.1 Å². The first kappa shape index (κ1) is 8.41. The van der Waals surface area contributed by atoms with Crippen molar-refractivity contribution in [1.29, 1.82) is 0 Å². The lowest BCUT2D eigenvalue weighted by Crippen LogP contribution is -2.25. The Morgan fingerprint density at radius 1 is 1.27 bits per heavy atom. The number of fused-ring (bicyclic) bond motifs is 3. The molecule has 74 valence electrons. The SMILES string of the molecule is C=C1N=C(N)C[C@H]2C1=Nc1ccccc12. The molecule has 0 unspecified atom stereocenters. The van der Waals surface area contributed by atoms with Gasteiger partial charge in [-0.25, -0.2) is 4.99 Å². The summed E-state index contributed by atoms with van der Waals surface area (Å²) in [5, 5.41) is 0. The van der Waals surface area contributed by atoms with Crippen molar-refractivity contribution >= 4 is 17.2 Å². The number of benzene rings is 1. The summed E-state index contributed by atoms with van der Waals surface area (Å²) in [6.45, 7) is 3.89. The minimum absolute atomic E-state index is 0.270. The van der Waals surface area contributed by atoms with Crippen molar-refractivity contribution < 1.29 is 0 Å². The van der Waals surface area contributed by atoms with Crippen molar-refractivity contribution in [2.75, 3.05) is 0 Å². The summed E-state index contributed by atoms with van der Waals surface area (Å²) in [6, 6.07) is 8.14. The van der Waals surface area contributed by atoms with E-state index >= 15 is 0 Å². The van der Waals surface area contributed by atoms with Gasteiger partial charge in [0.15, 0.2) is 0 Å². The molecule has 0 fully saturated rings. The highest BCUT2D eigenvalue weighted by Gasteiger charge is 2.32. The lowest BCUT2D eigenvalue weighted by Gasteiger charge is -2.19. The topological polar surface area (TPSA) is 50.7 Å². The summed E-state index contributed by atoms with van der Waals surface area (Å²) in [4.78, 5) is 8.72. The number of hydrogen-bond acceptors (Lipinski definition) is 3. The van der Waals surface area contributed by atoms with E-state index in [1.54, 1.807) is 0 Å². The third-order valence-electron chi connectivity index (χ3n) is 2.87. The Labute approximate surface area is 88.1 Å². The number of para-hydroxylation sites is 1. The number of nitrogens with zero attached hydrogens (tertiary/aromatic N) is 2. The average molecular weight is 197 g/mol. The van der Waals surface area contributed by atoms with E-state index in [0.29, 0.717) is 11.5 Å². The Morgan fingerprint density at radius 2 is 2.07 bits per heavy atom. The molecule has 2 heterocycles. The fraction of sp³-hybridized carbons (Fsp3) is 0.167. The minimum Gasteiger partial charge on any atom is -0.387 e. The third-order valence-corrected chi connectivity index (χ3v) is 2.87. The molecule has 3 rings (SSSR count). The van der Waals surface area contributed by atoms with E-state index in [4.69, 9.17) is 5.73 Å². The van der Waals surface area contributed by atoms with E-state index in [0.717, 1.165) is 17.8 Å². The molecule has 1 aromatic rings. The second-order valence-electron chi connectivity index (χ2n) is 3.86. The van der Waals surface area contributed by atoms with E-state index in [1.807, 2.05) is 18.2 Å². The van der Waals surface area contributed by atoms with Crippen LogP contribution in [0.1, 0.15) is 17.9 Å². The predicted octanol–water partition coefficient (Wildman–Crippen LogP) is 2.13. The van der Waals surface area contributed by atoms with Gasteiger partial charge in [0.1, 0.15) is 5.84 Å². The molecule has 2 aliphatic heterocycles. The molecule has 2 N–H and O–H groups in total. The summed E-state index contributed by atoms with van der Waals surface area (Å²) >= 11 is 0. The maximum atomic E-state index is 5.77. The van der Waals surface area contributed by atoms with Crippen LogP contribution < -0.4 is 5.73 Å². The molecule has 2 aliphatic rings. The predicted molar refractivity (Wildman–Crippen MR) is 61.7 cm³/mol. The number of allylic oxidation sites excluding steroid dienone is 1. The van der Waals surface area contributed by atoms with Gasteiger partial charge in [-0.05, 0) is 11.6 Å². The van der Waals surface area contributed by atoms with Crippen LogP contribution in [0.3, 0.4) is 0 Å². The molecule has 15 heavy (non-hydrogen) atoms. The molecule has 0 aromatic heterocycles. The quantitative estimate of drug-likeness (QED) is 0.680. The van der Waals surface area contributed by atoms with Crippen LogP contribution in [-0.4, -0.2) is 11.5 Å². The van der Waals surface area contributed by atoms with Crippen LogP contribution in [-0.2, 0) is 0 Å². The molecule has 0 aliphatic carbocycles. The van der Waals surface area contributed by atoms with E-state index in [2.05, 4.69) is 22.6 Å². The summed E-state index contributed by atoms with van der Waals surface area (Å²) in [7, 11) is 0. The molecular weight excluding hydrogens is 186 g/mol. The second kappa shape index (κ2) is 2.79. The smallest absolute Gasteiger partial charge is 0.101 e. The summed E-state index contributed by atoms with van der Waals surface area (Å²) in [6.07, 6.45) is 0.759. The highest BCUT2D eigenvalue weighted by Crippen LogP contribution is 2.40. The molecule has 0 radical (unpaired) electrons. The Kier molecular flexibility index (Phi) is 1.57. The minimum atomic E-state index is 0.270. The Hall–Kier alpha value is -1.90. The molecule has 1 atom stereocenters. The van der Waals surface area contributed by atoms with Gasteiger partial charge in [-0.2, -0.15) is 0 Å². The lowest BCUT2D eigenvalue weighted by molar-refractivity contribution is 0.930. The molecule has 0 saturated carbocycles. The number of rotatable bonds is 0. The Morgan fingerprint density at radius 3 is 2.93 bits per heavy atom. The van der Waals surface area contributed by atoms with Crippen molar-refractivity contribution in [3.8, 4) is 0 Å². The van der Waals surface area contributed by atoms with Gasteiger partial charge in [-0.3, -0.25) is 4.99 Å². The second-order valence-corrected chi connectivity index (χ2v) is 3.86. The molecule has 0 bridgehead atoms. The Bertz CT molecular complexity index is 511. The van der Waals surface area contributed by atoms with Crippen molar-refractivity contribution in [2.24, 2.45) is 15.7 Å². The first-order valence-corrected chi connectivity index (χ1v) is 4.95. The van der Waals surface area contributed by atoms with Crippen molar-refractivity contribution in [2.45, 2.75) is 12.3 Å². The maximum Gasteiger partial charge on any atom is 0.101 e. The third kappa shape index (κ3) is 1.13. The zero-order valence-corrected chi connectivity index (χ0v) is 8.27. The molecule has 3 nitrogen and oxygen atoms in total. The number of hydrogen-bond donors (Lipinski definition) is 1. The van der Waals surface area contributed by atoms with E-state index in [9.17, 15) is 0 Å². The van der Waals surface area contributed by atoms with Gasteiger partial charge in [0.2, 0.25) is 0 Å². The van der Waals surface area contributed by atoms with Crippen molar-refractivity contribution in [1.82, 2.24) is 0 Å². The van der Waals surface area contributed by atoms with Gasteiger partial charge in [0.25, 0.3) is 0 Å². The maximum absolute atomic E-state index is 5.77. The first-order chi connectivity index (χ1) is 7.25. The summed E-state index contributed by atoms with van der Waals surface area (Å²) in [5.74, 6) is 0.923. The monoisotopic (exact) mass is 197 g/mol. The fourth-order valence-electron chi connectivity index (χ4n) is 2.20. The molecule has 0 amide bonds. The van der Waals surface area contributed by atoms with Crippen LogP contribution in [0.15, 0.2) is 46.5 Å². The van der Waals surface area contributed by atoms with Crippen molar-refractivity contribution in [3.05, 3.63) is 42.1 Å². The van der Waals surface area contributed by atoms with Crippen molar-refractivity contribution in [3.63, 3.8) is 0 Å².